The maximum absolute atomic E-state index is 13.4. The molecule has 1 saturated heterocycles. The van der Waals surface area contributed by atoms with Crippen LogP contribution < -0.4 is 4.74 Å². The van der Waals surface area contributed by atoms with Gasteiger partial charge in [0.25, 0.3) is 0 Å². The molecule has 5 rings (SSSR count). The van der Waals surface area contributed by atoms with E-state index in [1.54, 1.807) is 7.11 Å². The number of thioether (sulfide) groups is 1. The number of allylic oxidation sites excluding steroid dienone is 1. The molecule has 1 fully saturated rings. The Bertz CT molecular complexity index is 1280. The Hall–Kier alpha value is -3.56. The fourth-order valence-electron chi connectivity index (χ4n) is 4.85. The van der Waals surface area contributed by atoms with Gasteiger partial charge in [0, 0.05) is 25.9 Å². The summed E-state index contributed by atoms with van der Waals surface area (Å²) in [5.41, 5.74) is 2.68. The van der Waals surface area contributed by atoms with Gasteiger partial charge in [-0.15, -0.1) is 0 Å². The number of ether oxygens (including phenoxy) is 3. The van der Waals surface area contributed by atoms with Gasteiger partial charge in [-0.2, -0.15) is 0 Å². The molecule has 2 aromatic carbocycles. The second-order valence-corrected chi connectivity index (χ2v) is 10.1. The number of esters is 1. The van der Waals surface area contributed by atoms with Gasteiger partial charge in [-0.3, -0.25) is 4.79 Å². The first-order valence-electron chi connectivity index (χ1n) is 12.8. The van der Waals surface area contributed by atoms with E-state index in [-0.39, 0.29) is 18.9 Å². The minimum Gasteiger partial charge on any atom is -0.460 e. The summed E-state index contributed by atoms with van der Waals surface area (Å²) >= 11 is 1.47. The van der Waals surface area contributed by atoms with Crippen LogP contribution in [0.5, 0.6) is 11.5 Å². The average molecular weight is 534 g/mol. The lowest BCUT2D eigenvalue weighted by molar-refractivity contribution is -0.141. The Morgan fingerprint density at radius 2 is 1.79 bits per heavy atom. The molecule has 0 saturated carbocycles. The van der Waals surface area contributed by atoms with Crippen molar-refractivity contribution in [3.05, 3.63) is 82.5 Å². The zero-order valence-electron chi connectivity index (χ0n) is 21.6. The van der Waals surface area contributed by atoms with E-state index in [0.717, 1.165) is 48.1 Å². The fraction of sp³-hybridized carbons (Fsp3) is 0.345. The van der Waals surface area contributed by atoms with Crippen LogP contribution in [0.25, 0.3) is 0 Å². The summed E-state index contributed by atoms with van der Waals surface area (Å²) in [7, 11) is 1.56. The number of para-hydroxylation sites is 1. The van der Waals surface area contributed by atoms with Crippen LogP contribution in [0.15, 0.2) is 82.0 Å². The lowest BCUT2D eigenvalue weighted by Crippen LogP contribution is -2.38. The SMILES string of the molecule is COCCOC(=O)C1=C(C)N=C2SC=C(CC(=O)N3CCCC3)N2[C@H]1c1cccc(Oc2ccccc2)c1. The van der Waals surface area contributed by atoms with Gasteiger partial charge in [-0.05, 0) is 55.0 Å². The van der Waals surface area contributed by atoms with E-state index in [1.165, 1.54) is 11.8 Å². The van der Waals surface area contributed by atoms with Gasteiger partial charge in [-0.25, -0.2) is 9.79 Å². The molecule has 198 valence electrons. The summed E-state index contributed by atoms with van der Waals surface area (Å²) in [6, 6.07) is 16.7. The highest BCUT2D eigenvalue weighted by molar-refractivity contribution is 8.16. The van der Waals surface area contributed by atoms with Crippen molar-refractivity contribution in [1.82, 2.24) is 9.80 Å². The second kappa shape index (κ2) is 11.9. The van der Waals surface area contributed by atoms with Crippen molar-refractivity contribution < 1.29 is 23.8 Å². The first-order chi connectivity index (χ1) is 18.5. The molecule has 0 aliphatic carbocycles. The van der Waals surface area contributed by atoms with E-state index in [9.17, 15) is 9.59 Å². The van der Waals surface area contributed by atoms with Crippen molar-refractivity contribution in [2.75, 3.05) is 33.4 Å². The van der Waals surface area contributed by atoms with Crippen LogP contribution in [0.1, 0.15) is 37.8 Å². The molecule has 0 N–H and O–H groups in total. The number of benzene rings is 2. The van der Waals surface area contributed by atoms with Crippen LogP contribution in [0, 0.1) is 0 Å². The highest BCUT2D eigenvalue weighted by Crippen LogP contribution is 2.45. The zero-order valence-corrected chi connectivity index (χ0v) is 22.4. The van der Waals surface area contributed by atoms with Gasteiger partial charge in [0.15, 0.2) is 5.17 Å². The number of rotatable bonds is 9. The first-order valence-corrected chi connectivity index (χ1v) is 13.6. The number of carbonyl (C=O) groups excluding carboxylic acids is 2. The summed E-state index contributed by atoms with van der Waals surface area (Å²) in [5, 5.41) is 2.70. The maximum Gasteiger partial charge on any atom is 0.338 e. The van der Waals surface area contributed by atoms with E-state index in [4.69, 9.17) is 19.2 Å². The average Bonchev–Trinajstić information content (AvgIpc) is 3.59. The molecule has 2 aromatic rings. The molecule has 3 aliphatic heterocycles. The van der Waals surface area contributed by atoms with E-state index in [0.29, 0.717) is 23.6 Å². The van der Waals surface area contributed by atoms with Gasteiger partial charge in [0.05, 0.1) is 30.3 Å². The van der Waals surface area contributed by atoms with E-state index >= 15 is 0 Å². The molecule has 0 radical (unpaired) electrons. The Balaban J connectivity index is 1.49. The van der Waals surface area contributed by atoms with Gasteiger partial charge in [0.2, 0.25) is 5.91 Å². The number of likely N-dealkylation sites (tertiary alicyclic amines) is 1. The number of fused-ring (bicyclic) bond motifs is 1. The third kappa shape index (κ3) is 5.63. The van der Waals surface area contributed by atoms with E-state index in [2.05, 4.69) is 0 Å². The standard InChI is InChI=1S/C29H31N3O5S/c1-20-26(28(34)36-16-15-35-2)27(21-9-8-12-24(17-21)37-23-10-4-3-5-11-23)32-22(19-38-29(32)30-20)18-25(33)31-13-6-7-14-31/h3-5,8-12,17,19,27H,6-7,13-16,18H2,1-2H3/t27-/m0/s1. The minimum atomic E-state index is -0.524. The molecule has 0 aromatic heterocycles. The number of hydrogen-bond donors (Lipinski definition) is 0. The molecule has 0 spiro atoms. The largest absolute Gasteiger partial charge is 0.460 e. The van der Waals surface area contributed by atoms with E-state index in [1.807, 2.05) is 76.7 Å². The van der Waals surface area contributed by atoms with Crippen LogP contribution >= 0.6 is 11.8 Å². The minimum absolute atomic E-state index is 0.0889. The van der Waals surface area contributed by atoms with Crippen LogP contribution in [-0.4, -0.2) is 60.3 Å². The van der Waals surface area contributed by atoms with Crippen molar-refractivity contribution in [3.8, 4) is 11.5 Å². The first kappa shape index (κ1) is 26.1. The predicted molar refractivity (Wildman–Crippen MR) is 147 cm³/mol. The summed E-state index contributed by atoms with van der Waals surface area (Å²) in [4.78, 5) is 35.2. The molecular formula is C29H31N3O5S. The number of amides is 1. The van der Waals surface area contributed by atoms with Crippen LogP contribution in [0.2, 0.25) is 0 Å². The van der Waals surface area contributed by atoms with Crippen LogP contribution in [-0.2, 0) is 19.1 Å². The number of nitrogens with zero attached hydrogens (tertiary/aromatic N) is 3. The lowest BCUT2D eigenvalue weighted by atomic mass is 9.93. The molecule has 1 atom stereocenters. The Morgan fingerprint density at radius 1 is 1.03 bits per heavy atom. The predicted octanol–water partition coefficient (Wildman–Crippen LogP) is 5.26. The van der Waals surface area contributed by atoms with Gasteiger partial charge in [0.1, 0.15) is 18.1 Å². The monoisotopic (exact) mass is 533 g/mol. The summed E-state index contributed by atoms with van der Waals surface area (Å²) in [5.74, 6) is 0.998. The highest BCUT2D eigenvalue weighted by atomic mass is 32.2. The molecule has 3 heterocycles. The quantitative estimate of drug-likeness (QED) is 0.321. The summed E-state index contributed by atoms with van der Waals surface area (Å²) in [6.45, 7) is 3.84. The van der Waals surface area contributed by atoms with Crippen LogP contribution in [0.3, 0.4) is 0 Å². The number of amidine groups is 1. The smallest absolute Gasteiger partial charge is 0.338 e. The van der Waals surface area contributed by atoms with Gasteiger partial charge in [-0.1, -0.05) is 42.1 Å². The highest BCUT2D eigenvalue weighted by Gasteiger charge is 2.41. The Labute approximate surface area is 226 Å². The van der Waals surface area contributed by atoms with Crippen molar-refractivity contribution in [2.24, 2.45) is 4.99 Å². The van der Waals surface area contributed by atoms with Crippen molar-refractivity contribution >= 4 is 28.8 Å². The summed E-state index contributed by atoms with van der Waals surface area (Å²) < 4.78 is 16.7. The number of methoxy groups -OCH3 is 1. The van der Waals surface area contributed by atoms with Crippen molar-refractivity contribution in [1.29, 1.82) is 0 Å². The number of hydrogen-bond acceptors (Lipinski definition) is 8. The number of aliphatic imine (C=N–C) groups is 1. The fourth-order valence-corrected chi connectivity index (χ4v) is 5.81. The van der Waals surface area contributed by atoms with Crippen LogP contribution in [0.4, 0.5) is 0 Å². The number of carbonyl (C=O) groups is 2. The normalized spacial score (nSPS) is 18.7. The van der Waals surface area contributed by atoms with Crippen molar-refractivity contribution in [2.45, 2.75) is 32.2 Å². The van der Waals surface area contributed by atoms with Crippen molar-refractivity contribution in [3.63, 3.8) is 0 Å². The molecule has 38 heavy (non-hydrogen) atoms. The molecule has 0 unspecified atom stereocenters. The van der Waals surface area contributed by atoms with Gasteiger partial charge >= 0.3 is 5.97 Å². The lowest BCUT2D eigenvalue weighted by Gasteiger charge is -2.36. The molecule has 3 aliphatic rings. The van der Waals surface area contributed by atoms with E-state index < -0.39 is 12.0 Å². The second-order valence-electron chi connectivity index (χ2n) is 9.27. The molecule has 9 heteroatoms. The molecule has 0 bridgehead atoms. The topological polar surface area (TPSA) is 80.7 Å². The van der Waals surface area contributed by atoms with Gasteiger partial charge < -0.3 is 24.0 Å². The zero-order chi connectivity index (χ0) is 26.5. The maximum atomic E-state index is 13.4. The third-order valence-corrected chi connectivity index (χ3v) is 7.57. The molecule has 8 nitrogen and oxygen atoms in total. The summed E-state index contributed by atoms with van der Waals surface area (Å²) in [6.07, 6.45) is 2.31. The molecule has 1 amide bonds. The third-order valence-electron chi connectivity index (χ3n) is 6.69. The Morgan fingerprint density at radius 3 is 2.55 bits per heavy atom. The Kier molecular flexibility index (Phi) is 8.14. The molecular weight excluding hydrogens is 502 g/mol.